The molecule has 16 heavy (non-hydrogen) atoms. The third-order valence-electron chi connectivity index (χ3n) is 1.97. The second kappa shape index (κ2) is 5.89. The minimum Gasteiger partial charge on any atom is -0.496 e. The van der Waals surface area contributed by atoms with Gasteiger partial charge in [-0.15, -0.1) is 6.42 Å². The second-order valence-corrected chi connectivity index (χ2v) is 3.08. The van der Waals surface area contributed by atoms with Crippen LogP contribution >= 0.6 is 0 Å². The molecule has 0 saturated carbocycles. The van der Waals surface area contributed by atoms with E-state index in [1.165, 1.54) is 19.2 Å². The van der Waals surface area contributed by atoms with Crippen LogP contribution in [-0.2, 0) is 0 Å². The molecule has 0 radical (unpaired) electrons. The molecule has 4 heteroatoms. The third-order valence-corrected chi connectivity index (χ3v) is 1.97. The summed E-state index contributed by atoms with van der Waals surface area (Å²) in [6, 6.07) is 3.81. The van der Waals surface area contributed by atoms with Crippen molar-refractivity contribution < 1.29 is 13.9 Å². The minimum absolute atomic E-state index is 0.0595. The summed E-state index contributed by atoms with van der Waals surface area (Å²) in [5.41, 5.74) is 0.215. The molecule has 0 amide bonds. The van der Waals surface area contributed by atoms with Crippen LogP contribution in [0.15, 0.2) is 18.2 Å². The van der Waals surface area contributed by atoms with E-state index in [-0.39, 0.29) is 17.9 Å². The summed E-state index contributed by atoms with van der Waals surface area (Å²) in [6.07, 6.45) is 5.03. The molecule has 1 aromatic carbocycles. The molecule has 0 aliphatic heterocycles. The molecule has 0 aliphatic carbocycles. The van der Waals surface area contributed by atoms with E-state index < -0.39 is 5.82 Å². The average molecular weight is 221 g/mol. The highest BCUT2D eigenvalue weighted by molar-refractivity contribution is 6.00. The molecule has 1 N–H and O–H groups in total. The topological polar surface area (TPSA) is 38.3 Å². The summed E-state index contributed by atoms with van der Waals surface area (Å²) in [7, 11) is 1.43. The molecule has 0 fully saturated rings. The van der Waals surface area contributed by atoms with Gasteiger partial charge in [0.1, 0.15) is 11.6 Å². The van der Waals surface area contributed by atoms with Gasteiger partial charge in [0.2, 0.25) is 0 Å². The monoisotopic (exact) mass is 221 g/mol. The van der Waals surface area contributed by atoms with Gasteiger partial charge in [-0.25, -0.2) is 4.39 Å². The van der Waals surface area contributed by atoms with Crippen LogP contribution in [0, 0.1) is 18.2 Å². The van der Waals surface area contributed by atoms with Gasteiger partial charge in [-0.05, 0) is 18.2 Å². The molecular formula is C12H12FNO2. The van der Waals surface area contributed by atoms with E-state index in [4.69, 9.17) is 11.2 Å². The summed E-state index contributed by atoms with van der Waals surface area (Å²) in [5.74, 6) is 1.97. The maximum atomic E-state index is 13.0. The van der Waals surface area contributed by atoms with Crippen LogP contribution in [0.3, 0.4) is 0 Å². The summed E-state index contributed by atoms with van der Waals surface area (Å²) in [6.45, 7) is 0.355. The zero-order valence-electron chi connectivity index (χ0n) is 8.92. The van der Waals surface area contributed by atoms with Crippen molar-refractivity contribution in [3.63, 3.8) is 0 Å². The van der Waals surface area contributed by atoms with Crippen LogP contribution in [0.25, 0.3) is 0 Å². The van der Waals surface area contributed by atoms with Crippen molar-refractivity contribution in [1.29, 1.82) is 0 Å². The van der Waals surface area contributed by atoms with Gasteiger partial charge in [0.15, 0.2) is 5.78 Å². The third kappa shape index (κ3) is 3.07. The van der Waals surface area contributed by atoms with Gasteiger partial charge in [-0.3, -0.25) is 10.1 Å². The number of benzene rings is 1. The summed E-state index contributed by atoms with van der Waals surface area (Å²) in [5, 5.41) is 2.74. The Morgan fingerprint density at radius 2 is 2.38 bits per heavy atom. The Labute approximate surface area is 93.6 Å². The van der Waals surface area contributed by atoms with E-state index in [2.05, 4.69) is 11.2 Å². The number of rotatable bonds is 5. The largest absolute Gasteiger partial charge is 0.496 e. The highest BCUT2D eigenvalue weighted by Gasteiger charge is 2.12. The summed E-state index contributed by atoms with van der Waals surface area (Å²) < 4.78 is 17.9. The molecule has 0 saturated heterocycles. The van der Waals surface area contributed by atoms with Crippen molar-refractivity contribution >= 4 is 5.78 Å². The number of nitrogens with one attached hydrogen (secondary N) is 1. The van der Waals surface area contributed by atoms with Crippen LogP contribution in [0.4, 0.5) is 4.39 Å². The number of Topliss-reactive ketones (excluding diaryl/α,β-unsaturated/α-hetero) is 1. The standard InChI is InChI=1S/C12H12FNO2/c1-3-6-14-8-11(15)10-7-9(13)4-5-12(10)16-2/h1,4-5,7,14H,6,8H2,2H3. The number of carbonyl (C=O) groups is 1. The molecular weight excluding hydrogens is 209 g/mol. The first-order valence-electron chi connectivity index (χ1n) is 4.70. The SMILES string of the molecule is C#CCNCC(=O)c1cc(F)ccc1OC. The van der Waals surface area contributed by atoms with Crippen LogP contribution in [0.2, 0.25) is 0 Å². The van der Waals surface area contributed by atoms with Crippen LogP contribution in [-0.4, -0.2) is 26.0 Å². The number of ether oxygens (including phenoxy) is 1. The number of hydrogen-bond acceptors (Lipinski definition) is 3. The predicted molar refractivity (Wildman–Crippen MR) is 59.0 cm³/mol. The fraction of sp³-hybridized carbons (Fsp3) is 0.250. The van der Waals surface area contributed by atoms with E-state index in [0.29, 0.717) is 12.3 Å². The van der Waals surface area contributed by atoms with Crippen molar-refractivity contribution in [1.82, 2.24) is 5.32 Å². The molecule has 3 nitrogen and oxygen atoms in total. The summed E-state index contributed by atoms with van der Waals surface area (Å²) in [4.78, 5) is 11.7. The van der Waals surface area contributed by atoms with Gasteiger partial charge in [0.05, 0.1) is 25.8 Å². The molecule has 0 aromatic heterocycles. The van der Waals surface area contributed by atoms with Crippen LogP contribution in [0.1, 0.15) is 10.4 Å². The van der Waals surface area contributed by atoms with Gasteiger partial charge in [-0.1, -0.05) is 5.92 Å². The predicted octanol–water partition coefficient (Wildman–Crippen LogP) is 1.24. The Hall–Kier alpha value is -1.86. The zero-order chi connectivity index (χ0) is 12.0. The van der Waals surface area contributed by atoms with Crippen molar-refractivity contribution in [2.45, 2.75) is 0 Å². The van der Waals surface area contributed by atoms with Gasteiger partial charge in [-0.2, -0.15) is 0 Å². The van der Waals surface area contributed by atoms with Crippen LogP contribution < -0.4 is 10.1 Å². The van der Waals surface area contributed by atoms with Gasteiger partial charge in [0.25, 0.3) is 0 Å². The van der Waals surface area contributed by atoms with E-state index >= 15 is 0 Å². The molecule has 0 spiro atoms. The molecule has 0 unspecified atom stereocenters. The van der Waals surface area contributed by atoms with Gasteiger partial charge < -0.3 is 4.74 Å². The first-order chi connectivity index (χ1) is 7.69. The van der Waals surface area contributed by atoms with E-state index in [9.17, 15) is 9.18 Å². The number of carbonyl (C=O) groups excluding carboxylic acids is 1. The van der Waals surface area contributed by atoms with E-state index in [1.807, 2.05) is 0 Å². The Morgan fingerprint density at radius 3 is 3.00 bits per heavy atom. The maximum Gasteiger partial charge on any atom is 0.180 e. The smallest absolute Gasteiger partial charge is 0.180 e. The quantitative estimate of drug-likeness (QED) is 0.462. The van der Waals surface area contributed by atoms with E-state index in [0.717, 1.165) is 6.07 Å². The highest BCUT2D eigenvalue weighted by Crippen LogP contribution is 2.19. The number of ketones is 1. The number of terminal acetylenes is 1. The van der Waals surface area contributed by atoms with Gasteiger partial charge in [0, 0.05) is 0 Å². The molecule has 0 heterocycles. The Balaban J connectivity index is 2.81. The Kier molecular flexibility index (Phi) is 4.49. The lowest BCUT2D eigenvalue weighted by atomic mass is 10.1. The average Bonchev–Trinajstić information content (AvgIpc) is 2.29. The lowest BCUT2D eigenvalue weighted by Crippen LogP contribution is -2.23. The molecule has 0 atom stereocenters. The number of halogens is 1. The summed E-state index contributed by atoms with van der Waals surface area (Å²) >= 11 is 0. The fourth-order valence-electron chi connectivity index (χ4n) is 1.24. The normalized spacial score (nSPS) is 9.56. The van der Waals surface area contributed by atoms with Crippen molar-refractivity contribution in [3.05, 3.63) is 29.6 Å². The minimum atomic E-state index is -0.471. The van der Waals surface area contributed by atoms with Crippen molar-refractivity contribution in [3.8, 4) is 18.1 Å². The lowest BCUT2D eigenvalue weighted by molar-refractivity contribution is 0.0989. The fourth-order valence-corrected chi connectivity index (χ4v) is 1.24. The lowest BCUT2D eigenvalue weighted by Gasteiger charge is -2.07. The Bertz CT molecular complexity index is 424. The number of methoxy groups -OCH3 is 1. The van der Waals surface area contributed by atoms with Gasteiger partial charge >= 0.3 is 0 Å². The van der Waals surface area contributed by atoms with Crippen molar-refractivity contribution in [2.75, 3.05) is 20.2 Å². The molecule has 84 valence electrons. The van der Waals surface area contributed by atoms with Crippen LogP contribution in [0.5, 0.6) is 5.75 Å². The van der Waals surface area contributed by atoms with Crippen molar-refractivity contribution in [2.24, 2.45) is 0 Å². The Morgan fingerprint density at radius 1 is 1.62 bits per heavy atom. The maximum absolute atomic E-state index is 13.0. The molecule has 0 aliphatic rings. The second-order valence-electron chi connectivity index (χ2n) is 3.08. The highest BCUT2D eigenvalue weighted by atomic mass is 19.1. The zero-order valence-corrected chi connectivity index (χ0v) is 8.92. The molecule has 1 rings (SSSR count). The first kappa shape index (κ1) is 12.2. The van der Waals surface area contributed by atoms with E-state index in [1.54, 1.807) is 0 Å². The first-order valence-corrected chi connectivity index (χ1v) is 4.70. The molecule has 1 aromatic rings. The molecule has 0 bridgehead atoms. The number of hydrogen-bond donors (Lipinski definition) is 1.